The normalized spacial score (nSPS) is 15.1. The molecule has 1 amide bonds. The second-order valence-electron chi connectivity index (χ2n) is 4.39. The lowest BCUT2D eigenvalue weighted by Crippen LogP contribution is -2.12. The minimum atomic E-state index is -0.855. The number of ether oxygens (including phenoxy) is 1. The van der Waals surface area contributed by atoms with Crippen molar-refractivity contribution in [1.29, 1.82) is 0 Å². The molecule has 0 saturated carbocycles. The molecule has 1 heterocycles. The van der Waals surface area contributed by atoms with Gasteiger partial charge in [-0.05, 0) is 17.2 Å². The Labute approximate surface area is 105 Å². The first-order chi connectivity index (χ1) is 8.60. The Balaban J connectivity index is 2.23. The fraction of sp³-hybridized carbons (Fsp3) is 0.385. The van der Waals surface area contributed by atoms with Crippen LogP contribution in [0, 0.1) is 0 Å². The number of aliphatic carboxylic acids is 1. The summed E-state index contributed by atoms with van der Waals surface area (Å²) in [7, 11) is 1.55. The van der Waals surface area contributed by atoms with Gasteiger partial charge in [0.05, 0.1) is 19.4 Å². The van der Waals surface area contributed by atoms with Crippen LogP contribution in [-0.4, -0.2) is 30.7 Å². The van der Waals surface area contributed by atoms with E-state index in [2.05, 4.69) is 5.32 Å². The monoisotopic (exact) mass is 249 g/mol. The molecule has 1 aromatic carbocycles. The molecule has 1 aliphatic rings. The van der Waals surface area contributed by atoms with E-state index in [0.29, 0.717) is 13.0 Å². The van der Waals surface area contributed by atoms with E-state index in [-0.39, 0.29) is 18.2 Å². The molecule has 0 bridgehead atoms. The first-order valence-electron chi connectivity index (χ1n) is 5.73. The minimum Gasteiger partial charge on any atom is -0.481 e. The van der Waals surface area contributed by atoms with Gasteiger partial charge in [0.2, 0.25) is 5.91 Å². The van der Waals surface area contributed by atoms with E-state index >= 15 is 0 Å². The molecule has 0 spiro atoms. The molecule has 0 aliphatic carbocycles. The number of rotatable bonds is 5. The predicted octanol–water partition coefficient (Wildman–Crippen LogP) is 1.39. The third-order valence-electron chi connectivity index (χ3n) is 3.01. The highest BCUT2D eigenvalue weighted by atomic mass is 16.5. The van der Waals surface area contributed by atoms with Crippen molar-refractivity contribution < 1.29 is 19.4 Å². The summed E-state index contributed by atoms with van der Waals surface area (Å²) in [5, 5.41) is 11.6. The van der Waals surface area contributed by atoms with Crippen molar-refractivity contribution in [2.75, 3.05) is 19.0 Å². The largest absolute Gasteiger partial charge is 0.481 e. The highest BCUT2D eigenvalue weighted by molar-refractivity contribution is 5.99. The number of fused-ring (bicyclic) bond motifs is 1. The van der Waals surface area contributed by atoms with Gasteiger partial charge in [-0.3, -0.25) is 9.59 Å². The number of carbonyl (C=O) groups excluding carboxylic acids is 1. The van der Waals surface area contributed by atoms with Crippen LogP contribution < -0.4 is 5.32 Å². The average Bonchev–Trinajstić information content (AvgIpc) is 2.66. The summed E-state index contributed by atoms with van der Waals surface area (Å²) >= 11 is 0. The molecule has 1 atom stereocenters. The summed E-state index contributed by atoms with van der Waals surface area (Å²) in [6, 6.07) is 5.55. The lowest BCUT2D eigenvalue weighted by Gasteiger charge is -2.15. The summed E-state index contributed by atoms with van der Waals surface area (Å²) in [6.45, 7) is 0.354. The van der Waals surface area contributed by atoms with Crippen molar-refractivity contribution in [2.24, 2.45) is 0 Å². The zero-order valence-corrected chi connectivity index (χ0v) is 10.1. The van der Waals surface area contributed by atoms with E-state index in [4.69, 9.17) is 9.84 Å². The van der Waals surface area contributed by atoms with Crippen molar-refractivity contribution in [3.63, 3.8) is 0 Å². The zero-order chi connectivity index (χ0) is 13.1. The Morgan fingerprint density at radius 1 is 1.56 bits per heavy atom. The number of benzene rings is 1. The lowest BCUT2D eigenvalue weighted by molar-refractivity contribution is -0.137. The molecule has 0 saturated heterocycles. The molecule has 0 aromatic heterocycles. The second kappa shape index (κ2) is 5.18. The molecule has 1 aliphatic heterocycles. The number of amides is 1. The molecule has 2 N–H and O–H groups in total. The van der Waals surface area contributed by atoms with Crippen molar-refractivity contribution in [1.82, 2.24) is 0 Å². The Bertz CT molecular complexity index is 484. The minimum absolute atomic E-state index is 0.0218. The van der Waals surface area contributed by atoms with E-state index in [1.807, 2.05) is 18.2 Å². The average molecular weight is 249 g/mol. The van der Waals surface area contributed by atoms with Gasteiger partial charge in [-0.2, -0.15) is 0 Å². The Morgan fingerprint density at radius 2 is 2.33 bits per heavy atom. The van der Waals surface area contributed by atoms with Gasteiger partial charge in [-0.1, -0.05) is 12.1 Å². The molecule has 0 radical (unpaired) electrons. The van der Waals surface area contributed by atoms with Crippen LogP contribution in [0.25, 0.3) is 0 Å². The number of carbonyl (C=O) groups is 2. The number of anilines is 1. The molecular formula is C13H15NO4. The lowest BCUT2D eigenvalue weighted by atomic mass is 9.94. The maximum absolute atomic E-state index is 11.3. The molecule has 96 valence electrons. The molecule has 5 nitrogen and oxygen atoms in total. The van der Waals surface area contributed by atoms with Crippen LogP contribution in [-0.2, 0) is 20.7 Å². The summed E-state index contributed by atoms with van der Waals surface area (Å²) < 4.78 is 5.05. The molecule has 18 heavy (non-hydrogen) atoms. The molecule has 2 rings (SSSR count). The van der Waals surface area contributed by atoms with Crippen molar-refractivity contribution in [3.8, 4) is 0 Å². The number of carboxylic acid groups (broad SMARTS) is 1. The number of carboxylic acids is 1. The van der Waals surface area contributed by atoms with Gasteiger partial charge < -0.3 is 15.2 Å². The quantitative estimate of drug-likeness (QED) is 0.826. The van der Waals surface area contributed by atoms with Crippen LogP contribution in [0.1, 0.15) is 23.5 Å². The highest BCUT2D eigenvalue weighted by Crippen LogP contribution is 2.28. The van der Waals surface area contributed by atoms with E-state index < -0.39 is 5.97 Å². The van der Waals surface area contributed by atoms with E-state index in [1.165, 1.54) is 0 Å². The topological polar surface area (TPSA) is 75.6 Å². The van der Waals surface area contributed by atoms with Gasteiger partial charge >= 0.3 is 5.97 Å². The fourth-order valence-electron chi connectivity index (χ4n) is 2.19. The molecule has 1 aromatic rings. The zero-order valence-electron chi connectivity index (χ0n) is 10.1. The third-order valence-corrected chi connectivity index (χ3v) is 3.01. The molecule has 1 unspecified atom stereocenters. The van der Waals surface area contributed by atoms with E-state index in [1.54, 1.807) is 7.11 Å². The van der Waals surface area contributed by atoms with Crippen LogP contribution in [0.3, 0.4) is 0 Å². The smallest absolute Gasteiger partial charge is 0.304 e. The molecule has 0 fully saturated rings. The Morgan fingerprint density at radius 3 is 3.00 bits per heavy atom. The van der Waals surface area contributed by atoms with Crippen molar-refractivity contribution >= 4 is 17.6 Å². The van der Waals surface area contributed by atoms with Crippen LogP contribution in [0.5, 0.6) is 0 Å². The molecular weight excluding hydrogens is 234 g/mol. The maximum Gasteiger partial charge on any atom is 0.304 e. The van der Waals surface area contributed by atoms with Crippen molar-refractivity contribution in [2.45, 2.75) is 18.8 Å². The highest BCUT2D eigenvalue weighted by Gasteiger charge is 2.21. The van der Waals surface area contributed by atoms with Gasteiger partial charge in [0.1, 0.15) is 0 Å². The number of hydrogen-bond acceptors (Lipinski definition) is 3. The fourth-order valence-corrected chi connectivity index (χ4v) is 2.19. The van der Waals surface area contributed by atoms with Gasteiger partial charge in [0, 0.05) is 18.7 Å². The SMILES string of the molecule is COCC(CC(=O)O)c1ccc2c(c1)CC(=O)N2. The Hall–Kier alpha value is -1.88. The van der Waals surface area contributed by atoms with Crippen LogP contribution in [0.4, 0.5) is 5.69 Å². The van der Waals surface area contributed by atoms with E-state index in [0.717, 1.165) is 16.8 Å². The van der Waals surface area contributed by atoms with Gasteiger partial charge in [-0.15, -0.1) is 0 Å². The van der Waals surface area contributed by atoms with Gasteiger partial charge in [-0.25, -0.2) is 0 Å². The number of nitrogens with one attached hydrogen (secondary N) is 1. The number of methoxy groups -OCH3 is 1. The van der Waals surface area contributed by atoms with Crippen LogP contribution in [0.15, 0.2) is 18.2 Å². The first kappa shape index (κ1) is 12.6. The maximum atomic E-state index is 11.3. The van der Waals surface area contributed by atoms with Crippen molar-refractivity contribution in [3.05, 3.63) is 29.3 Å². The summed E-state index contributed by atoms with van der Waals surface area (Å²) in [5.74, 6) is -1.07. The standard InChI is InChI=1S/C13H15NO4/c1-18-7-10(6-13(16)17)8-2-3-11-9(4-8)5-12(15)14-11/h2-4,10H,5-7H2,1H3,(H,14,15)(H,16,17). The third kappa shape index (κ3) is 2.68. The number of hydrogen-bond donors (Lipinski definition) is 2. The van der Waals surface area contributed by atoms with Gasteiger partial charge in [0.15, 0.2) is 0 Å². The summed E-state index contributed by atoms with van der Waals surface area (Å²) in [4.78, 5) is 22.1. The van der Waals surface area contributed by atoms with Crippen LogP contribution >= 0.6 is 0 Å². The first-order valence-corrected chi connectivity index (χ1v) is 5.73. The summed E-state index contributed by atoms with van der Waals surface area (Å²) in [6.07, 6.45) is 0.379. The van der Waals surface area contributed by atoms with Crippen LogP contribution in [0.2, 0.25) is 0 Å². The Kier molecular flexibility index (Phi) is 3.62. The van der Waals surface area contributed by atoms with E-state index in [9.17, 15) is 9.59 Å². The summed E-state index contributed by atoms with van der Waals surface area (Å²) in [5.41, 5.74) is 2.63. The molecule has 5 heteroatoms. The predicted molar refractivity (Wildman–Crippen MR) is 65.6 cm³/mol. The van der Waals surface area contributed by atoms with Gasteiger partial charge in [0.25, 0.3) is 0 Å². The second-order valence-corrected chi connectivity index (χ2v) is 4.39.